The Bertz CT molecular complexity index is 818. The molecule has 0 radical (unpaired) electrons. The molecule has 1 fully saturated rings. The lowest BCUT2D eigenvalue weighted by Crippen LogP contribution is -2.43. The van der Waals surface area contributed by atoms with Gasteiger partial charge in [0.25, 0.3) is 0 Å². The van der Waals surface area contributed by atoms with Crippen LogP contribution < -0.4 is 4.57 Å². The Hall–Kier alpha value is -1.99. The number of rotatable bonds is 22. The van der Waals surface area contributed by atoms with E-state index in [9.17, 15) is 9.59 Å². The first kappa shape index (κ1) is 34.2. The smallest absolute Gasteiger partial charge is 0.417 e. The monoisotopic (exact) mass is 561 g/mol. The first-order valence-corrected chi connectivity index (χ1v) is 16.2. The van der Waals surface area contributed by atoms with Crippen LogP contribution in [0.2, 0.25) is 0 Å². The standard InChI is InChI=1S/C33H57N2O5/c1-4-6-7-8-9-10-11-12-13-14-15-16-17-20-23-38-26-30-24-32(39-27-30)28-40-33(37)35(29(3)36)25-31-21-18-19-22-34(31)5-2/h18-19,21-22,30,32H,4-17,20,23-28H2,1-3H3/q+1/t30-,32-/m1/s1. The fraction of sp³-hybridized carbons (Fsp3) is 0.788. The molecule has 1 saturated heterocycles. The first-order valence-electron chi connectivity index (χ1n) is 16.2. The lowest BCUT2D eigenvalue weighted by Gasteiger charge is -2.19. The Kier molecular flexibility index (Phi) is 18.6. The summed E-state index contributed by atoms with van der Waals surface area (Å²) >= 11 is 0. The molecule has 2 rings (SSSR count). The summed E-state index contributed by atoms with van der Waals surface area (Å²) in [4.78, 5) is 25.9. The number of hydrogen-bond donors (Lipinski definition) is 0. The minimum Gasteiger partial charge on any atom is -0.446 e. The Morgan fingerprint density at radius 2 is 1.52 bits per heavy atom. The fourth-order valence-electron chi connectivity index (χ4n) is 5.33. The quantitative estimate of drug-likeness (QED) is 0.109. The number of aryl methyl sites for hydroxylation is 1. The number of ether oxygens (including phenoxy) is 3. The molecule has 7 heteroatoms. The van der Waals surface area contributed by atoms with Crippen molar-refractivity contribution in [1.82, 2.24) is 4.90 Å². The highest BCUT2D eigenvalue weighted by Gasteiger charge is 2.29. The minimum atomic E-state index is -0.625. The number of aromatic nitrogens is 1. The van der Waals surface area contributed by atoms with Crippen LogP contribution in [0.1, 0.15) is 123 Å². The number of carbonyl (C=O) groups excluding carboxylic acids is 2. The molecular weight excluding hydrogens is 504 g/mol. The molecule has 7 nitrogen and oxygen atoms in total. The van der Waals surface area contributed by atoms with Crippen molar-refractivity contribution in [1.29, 1.82) is 0 Å². The summed E-state index contributed by atoms with van der Waals surface area (Å²) in [5.41, 5.74) is 0.880. The van der Waals surface area contributed by atoms with Crippen LogP contribution in [0.3, 0.4) is 0 Å². The molecule has 0 aromatic carbocycles. The van der Waals surface area contributed by atoms with Crippen molar-refractivity contribution in [2.75, 3.05) is 26.4 Å². The van der Waals surface area contributed by atoms with Gasteiger partial charge in [0, 0.05) is 31.6 Å². The van der Waals surface area contributed by atoms with E-state index in [2.05, 4.69) is 6.92 Å². The highest BCUT2D eigenvalue weighted by molar-refractivity contribution is 5.90. The van der Waals surface area contributed by atoms with Crippen molar-refractivity contribution in [2.45, 2.75) is 136 Å². The van der Waals surface area contributed by atoms with Gasteiger partial charge < -0.3 is 14.2 Å². The fourth-order valence-corrected chi connectivity index (χ4v) is 5.33. The van der Waals surface area contributed by atoms with E-state index in [4.69, 9.17) is 14.2 Å². The third kappa shape index (κ3) is 14.6. The molecule has 2 amide bonds. The van der Waals surface area contributed by atoms with Crippen molar-refractivity contribution in [2.24, 2.45) is 5.92 Å². The number of unbranched alkanes of at least 4 members (excludes halogenated alkanes) is 13. The van der Waals surface area contributed by atoms with Gasteiger partial charge in [0.05, 0.1) is 19.3 Å². The van der Waals surface area contributed by atoms with Crippen molar-refractivity contribution in [3.05, 3.63) is 30.1 Å². The SMILES string of the molecule is CCCCCCCCCCCCCCCCOC[C@@H]1CO[C@@H](COC(=O)N(Cc2cccc[n+]2CC)C(C)=O)C1. The summed E-state index contributed by atoms with van der Waals surface area (Å²) in [6.45, 7) is 8.90. The third-order valence-electron chi connectivity index (χ3n) is 7.85. The number of hydrogen-bond acceptors (Lipinski definition) is 5. The van der Waals surface area contributed by atoms with Crippen LogP contribution in [0, 0.1) is 5.92 Å². The van der Waals surface area contributed by atoms with Gasteiger partial charge in [0.2, 0.25) is 11.6 Å². The van der Waals surface area contributed by atoms with Crippen molar-refractivity contribution < 1.29 is 28.4 Å². The van der Waals surface area contributed by atoms with Gasteiger partial charge in [-0.05, 0) is 19.8 Å². The molecule has 0 saturated carbocycles. The normalized spacial score (nSPS) is 16.8. The number of imide groups is 1. The average molecular weight is 562 g/mol. The molecule has 1 aliphatic heterocycles. The van der Waals surface area contributed by atoms with Crippen LogP contribution in [-0.4, -0.2) is 49.4 Å². The predicted molar refractivity (Wildman–Crippen MR) is 159 cm³/mol. The van der Waals surface area contributed by atoms with Gasteiger partial charge >= 0.3 is 6.09 Å². The van der Waals surface area contributed by atoms with Crippen LogP contribution in [0.4, 0.5) is 4.79 Å². The topological polar surface area (TPSA) is 69.0 Å². The first-order chi connectivity index (χ1) is 19.5. The van der Waals surface area contributed by atoms with E-state index >= 15 is 0 Å². The van der Waals surface area contributed by atoms with E-state index in [0.717, 1.165) is 36.6 Å². The third-order valence-corrected chi connectivity index (χ3v) is 7.85. The molecule has 0 aliphatic carbocycles. The summed E-state index contributed by atoms with van der Waals surface area (Å²) in [6.07, 6.45) is 21.0. The van der Waals surface area contributed by atoms with Gasteiger partial charge in [0.15, 0.2) is 6.20 Å². The molecule has 2 atom stereocenters. The molecule has 1 aromatic heterocycles. The zero-order valence-electron chi connectivity index (χ0n) is 25.7. The van der Waals surface area contributed by atoms with Crippen LogP contribution in [-0.2, 0) is 32.1 Å². The molecule has 1 aromatic rings. The molecule has 0 bridgehead atoms. The lowest BCUT2D eigenvalue weighted by atomic mass is 10.0. The second kappa shape index (κ2) is 21.7. The summed E-state index contributed by atoms with van der Waals surface area (Å²) in [6, 6.07) is 5.75. The molecule has 2 heterocycles. The van der Waals surface area contributed by atoms with E-state index < -0.39 is 6.09 Å². The van der Waals surface area contributed by atoms with Gasteiger partial charge in [-0.1, -0.05) is 96.5 Å². The zero-order valence-corrected chi connectivity index (χ0v) is 25.7. The molecule has 0 N–H and O–H groups in total. The zero-order chi connectivity index (χ0) is 28.8. The Labute approximate surface area is 243 Å². The summed E-state index contributed by atoms with van der Waals surface area (Å²) in [5, 5.41) is 0. The molecule has 1 aliphatic rings. The summed E-state index contributed by atoms with van der Waals surface area (Å²) in [7, 11) is 0. The second-order valence-corrected chi connectivity index (χ2v) is 11.4. The van der Waals surface area contributed by atoms with Gasteiger partial charge in [-0.2, -0.15) is 0 Å². The maximum Gasteiger partial charge on any atom is 0.417 e. The Morgan fingerprint density at radius 1 is 0.900 bits per heavy atom. The lowest BCUT2D eigenvalue weighted by molar-refractivity contribution is -0.701. The summed E-state index contributed by atoms with van der Waals surface area (Å²) < 4.78 is 19.2. The predicted octanol–water partition coefficient (Wildman–Crippen LogP) is 7.38. The molecular formula is C33H57N2O5+. The van der Waals surface area contributed by atoms with Crippen LogP contribution in [0.5, 0.6) is 0 Å². The number of carbonyl (C=O) groups is 2. The molecule has 0 spiro atoms. The van der Waals surface area contributed by atoms with Crippen molar-refractivity contribution in [3.8, 4) is 0 Å². The van der Waals surface area contributed by atoms with E-state index in [0.29, 0.717) is 19.1 Å². The van der Waals surface area contributed by atoms with E-state index in [1.54, 1.807) is 0 Å². The molecule has 228 valence electrons. The second-order valence-electron chi connectivity index (χ2n) is 11.4. The van der Waals surface area contributed by atoms with Crippen LogP contribution in [0.15, 0.2) is 24.4 Å². The van der Waals surface area contributed by atoms with Crippen molar-refractivity contribution >= 4 is 12.0 Å². The number of nitrogens with zero attached hydrogens (tertiary/aromatic N) is 2. The van der Waals surface area contributed by atoms with Gasteiger partial charge in [-0.15, -0.1) is 0 Å². The van der Waals surface area contributed by atoms with Crippen LogP contribution in [0.25, 0.3) is 0 Å². The Morgan fingerprint density at radius 3 is 2.12 bits per heavy atom. The highest BCUT2D eigenvalue weighted by Crippen LogP contribution is 2.21. The number of pyridine rings is 1. The minimum absolute atomic E-state index is 0.148. The number of amides is 2. The van der Waals surface area contributed by atoms with Crippen LogP contribution >= 0.6 is 0 Å². The molecule has 40 heavy (non-hydrogen) atoms. The highest BCUT2D eigenvalue weighted by atomic mass is 16.6. The maximum absolute atomic E-state index is 12.7. The van der Waals surface area contributed by atoms with Gasteiger partial charge in [0.1, 0.15) is 19.7 Å². The van der Waals surface area contributed by atoms with E-state index in [-0.39, 0.29) is 25.2 Å². The van der Waals surface area contributed by atoms with E-state index in [1.807, 2.05) is 35.9 Å². The van der Waals surface area contributed by atoms with Gasteiger partial charge in [-0.25, -0.2) is 14.3 Å². The molecule has 0 unspecified atom stereocenters. The maximum atomic E-state index is 12.7. The van der Waals surface area contributed by atoms with Gasteiger partial charge in [-0.3, -0.25) is 4.79 Å². The average Bonchev–Trinajstić information content (AvgIpc) is 3.42. The van der Waals surface area contributed by atoms with E-state index in [1.165, 1.54) is 90.4 Å². The largest absolute Gasteiger partial charge is 0.446 e. The van der Waals surface area contributed by atoms with Crippen molar-refractivity contribution in [3.63, 3.8) is 0 Å². The Balaban J connectivity index is 1.46. The summed E-state index contributed by atoms with van der Waals surface area (Å²) in [5.74, 6) is -0.00860.